The molecule has 0 heterocycles. The first-order valence-corrected chi connectivity index (χ1v) is 4.40. The van der Waals surface area contributed by atoms with Gasteiger partial charge in [0, 0.05) is 11.4 Å². The van der Waals surface area contributed by atoms with Crippen LogP contribution in [0.15, 0.2) is 18.2 Å². The van der Waals surface area contributed by atoms with Gasteiger partial charge in [0.05, 0.1) is 0 Å². The summed E-state index contributed by atoms with van der Waals surface area (Å²) < 4.78 is 0. The Morgan fingerprint density at radius 3 is 2.57 bits per heavy atom. The number of carbonyl (C=O) groups is 2. The maximum absolute atomic E-state index is 11.0. The summed E-state index contributed by atoms with van der Waals surface area (Å²) in [7, 11) is 0. The molecule has 14 heavy (non-hydrogen) atoms. The second-order valence-electron chi connectivity index (χ2n) is 2.94. The van der Waals surface area contributed by atoms with Crippen molar-refractivity contribution in [2.45, 2.75) is 13.3 Å². The van der Waals surface area contributed by atoms with Crippen LogP contribution in [0, 0.1) is 6.92 Å². The van der Waals surface area contributed by atoms with E-state index in [1.54, 1.807) is 25.1 Å². The molecule has 0 aliphatic carbocycles. The maximum Gasteiger partial charge on any atom is 0.372 e. The molecule has 1 aromatic rings. The van der Waals surface area contributed by atoms with E-state index in [0.717, 1.165) is 5.56 Å². The van der Waals surface area contributed by atoms with Gasteiger partial charge >= 0.3 is 5.97 Å². The SMILES string of the molecule is Cc1cccc(Cl)c1CC(=O)C(=O)O. The molecule has 0 saturated carbocycles. The summed E-state index contributed by atoms with van der Waals surface area (Å²) in [5, 5.41) is 8.86. The molecule has 4 heteroatoms. The zero-order chi connectivity index (χ0) is 10.7. The van der Waals surface area contributed by atoms with Gasteiger partial charge in [-0.1, -0.05) is 23.7 Å². The third-order valence-electron chi connectivity index (χ3n) is 1.93. The summed E-state index contributed by atoms with van der Waals surface area (Å²) in [6.45, 7) is 1.79. The summed E-state index contributed by atoms with van der Waals surface area (Å²) in [5.41, 5.74) is 1.41. The van der Waals surface area contributed by atoms with Crippen LogP contribution in [0.4, 0.5) is 0 Å². The van der Waals surface area contributed by atoms with E-state index >= 15 is 0 Å². The standard InChI is InChI=1S/C10H9ClO3/c1-6-3-2-4-8(11)7(6)5-9(12)10(13)14/h2-4H,5H2,1H3,(H,13,14). The molecule has 0 aromatic heterocycles. The van der Waals surface area contributed by atoms with Crippen molar-refractivity contribution in [2.75, 3.05) is 0 Å². The molecule has 3 nitrogen and oxygen atoms in total. The van der Waals surface area contributed by atoms with Crippen molar-refractivity contribution < 1.29 is 14.7 Å². The van der Waals surface area contributed by atoms with E-state index in [4.69, 9.17) is 16.7 Å². The van der Waals surface area contributed by atoms with Gasteiger partial charge in [0.15, 0.2) is 0 Å². The molecule has 0 saturated heterocycles. The quantitative estimate of drug-likeness (QED) is 0.778. The largest absolute Gasteiger partial charge is 0.475 e. The van der Waals surface area contributed by atoms with Gasteiger partial charge < -0.3 is 5.11 Å². The lowest BCUT2D eigenvalue weighted by atomic mass is 10.0. The second kappa shape index (κ2) is 4.24. The van der Waals surface area contributed by atoms with Crippen LogP contribution in [-0.2, 0) is 16.0 Å². The van der Waals surface area contributed by atoms with Gasteiger partial charge in [-0.3, -0.25) is 4.79 Å². The van der Waals surface area contributed by atoms with E-state index in [9.17, 15) is 9.59 Å². The van der Waals surface area contributed by atoms with Crippen LogP contribution in [-0.4, -0.2) is 16.9 Å². The lowest BCUT2D eigenvalue weighted by Crippen LogP contribution is -2.15. The average molecular weight is 213 g/mol. The lowest BCUT2D eigenvalue weighted by Gasteiger charge is -2.05. The fourth-order valence-corrected chi connectivity index (χ4v) is 1.42. The van der Waals surface area contributed by atoms with Gasteiger partial charge in [-0.05, 0) is 24.1 Å². The summed E-state index contributed by atoms with van der Waals surface area (Å²) in [4.78, 5) is 21.3. The van der Waals surface area contributed by atoms with E-state index in [-0.39, 0.29) is 6.42 Å². The van der Waals surface area contributed by atoms with Crippen molar-refractivity contribution in [3.8, 4) is 0 Å². The highest BCUT2D eigenvalue weighted by Crippen LogP contribution is 2.20. The Kier molecular flexibility index (Phi) is 3.25. The third-order valence-corrected chi connectivity index (χ3v) is 2.28. The van der Waals surface area contributed by atoms with Gasteiger partial charge in [-0.15, -0.1) is 0 Å². The molecule has 0 amide bonds. The van der Waals surface area contributed by atoms with E-state index in [1.807, 2.05) is 0 Å². The molecule has 0 spiro atoms. The van der Waals surface area contributed by atoms with Crippen LogP contribution in [0.2, 0.25) is 5.02 Å². The molecule has 1 N–H and O–H groups in total. The van der Waals surface area contributed by atoms with Crippen LogP contribution < -0.4 is 0 Å². The number of carboxylic acids is 1. The average Bonchev–Trinajstić information content (AvgIpc) is 2.11. The van der Waals surface area contributed by atoms with Crippen LogP contribution in [0.3, 0.4) is 0 Å². The van der Waals surface area contributed by atoms with Gasteiger partial charge in [-0.25, -0.2) is 4.79 Å². The number of halogens is 1. The summed E-state index contributed by atoms with van der Waals surface area (Å²) in [6.07, 6.45) is -0.152. The maximum atomic E-state index is 11.0. The number of carboxylic acid groups (broad SMARTS) is 1. The predicted molar refractivity (Wildman–Crippen MR) is 52.5 cm³/mol. The van der Waals surface area contributed by atoms with Crippen LogP contribution in [0.5, 0.6) is 0 Å². The molecule has 0 radical (unpaired) electrons. The van der Waals surface area contributed by atoms with E-state index in [2.05, 4.69) is 0 Å². The van der Waals surface area contributed by atoms with Gasteiger partial charge in [0.1, 0.15) is 0 Å². The van der Waals surface area contributed by atoms with Crippen molar-refractivity contribution in [3.05, 3.63) is 34.3 Å². The Balaban J connectivity index is 2.97. The highest BCUT2D eigenvalue weighted by molar-refractivity contribution is 6.35. The number of hydrogen-bond acceptors (Lipinski definition) is 2. The molecule has 0 unspecified atom stereocenters. The van der Waals surface area contributed by atoms with Crippen molar-refractivity contribution in [3.63, 3.8) is 0 Å². The Morgan fingerprint density at radius 2 is 2.07 bits per heavy atom. The third kappa shape index (κ3) is 2.33. The molecular formula is C10H9ClO3. The minimum absolute atomic E-state index is 0.152. The summed E-state index contributed by atoms with van der Waals surface area (Å²) >= 11 is 5.83. The first kappa shape index (κ1) is 10.7. The minimum Gasteiger partial charge on any atom is -0.475 e. The monoisotopic (exact) mass is 212 g/mol. The van der Waals surface area contributed by atoms with Crippen LogP contribution >= 0.6 is 11.6 Å². The first-order valence-electron chi connectivity index (χ1n) is 4.02. The summed E-state index contributed by atoms with van der Waals surface area (Å²) in [5.74, 6) is -2.27. The van der Waals surface area contributed by atoms with E-state index in [1.165, 1.54) is 0 Å². The van der Waals surface area contributed by atoms with Crippen LogP contribution in [0.1, 0.15) is 11.1 Å². The number of carbonyl (C=O) groups excluding carboxylic acids is 1. The number of aryl methyl sites for hydroxylation is 1. The van der Waals surface area contributed by atoms with Gasteiger partial charge in [0.25, 0.3) is 0 Å². The second-order valence-corrected chi connectivity index (χ2v) is 3.35. The Labute approximate surface area is 86.3 Å². The molecule has 1 aromatic carbocycles. The van der Waals surface area contributed by atoms with Crippen molar-refractivity contribution in [2.24, 2.45) is 0 Å². The molecule has 0 fully saturated rings. The number of rotatable bonds is 3. The zero-order valence-electron chi connectivity index (χ0n) is 7.58. The molecule has 0 aliphatic rings. The number of hydrogen-bond donors (Lipinski definition) is 1. The minimum atomic E-state index is -1.43. The van der Waals surface area contributed by atoms with Gasteiger partial charge in [0.2, 0.25) is 5.78 Å². The number of Topliss-reactive ketones (excluding diaryl/α,β-unsaturated/α-hetero) is 1. The fraction of sp³-hybridized carbons (Fsp3) is 0.200. The van der Waals surface area contributed by atoms with Crippen molar-refractivity contribution in [1.29, 1.82) is 0 Å². The highest BCUT2D eigenvalue weighted by Gasteiger charge is 2.15. The van der Waals surface area contributed by atoms with E-state index < -0.39 is 11.8 Å². The van der Waals surface area contributed by atoms with Crippen molar-refractivity contribution >= 4 is 23.4 Å². The lowest BCUT2D eigenvalue weighted by molar-refractivity contribution is -0.148. The number of ketones is 1. The van der Waals surface area contributed by atoms with E-state index in [0.29, 0.717) is 10.6 Å². The first-order chi connectivity index (χ1) is 6.52. The molecule has 1 rings (SSSR count). The van der Waals surface area contributed by atoms with Crippen molar-refractivity contribution in [1.82, 2.24) is 0 Å². The molecule has 0 bridgehead atoms. The summed E-state index contributed by atoms with van der Waals surface area (Å²) in [6, 6.07) is 5.18. The fourth-order valence-electron chi connectivity index (χ4n) is 1.13. The number of aliphatic carboxylic acids is 1. The van der Waals surface area contributed by atoms with Gasteiger partial charge in [-0.2, -0.15) is 0 Å². The number of benzene rings is 1. The predicted octanol–water partition coefficient (Wildman–Crippen LogP) is 1.84. The Hall–Kier alpha value is -1.35. The molecule has 74 valence electrons. The zero-order valence-corrected chi connectivity index (χ0v) is 8.34. The molecule has 0 atom stereocenters. The molecular weight excluding hydrogens is 204 g/mol. The Morgan fingerprint density at radius 1 is 1.43 bits per heavy atom. The topological polar surface area (TPSA) is 54.4 Å². The smallest absolute Gasteiger partial charge is 0.372 e. The highest BCUT2D eigenvalue weighted by atomic mass is 35.5. The van der Waals surface area contributed by atoms with Crippen LogP contribution in [0.25, 0.3) is 0 Å². The molecule has 0 aliphatic heterocycles. The normalized spacial score (nSPS) is 9.86. The Bertz CT molecular complexity index is 365.